The van der Waals surface area contributed by atoms with Crippen molar-refractivity contribution in [1.29, 1.82) is 0 Å². The van der Waals surface area contributed by atoms with Gasteiger partial charge in [-0.2, -0.15) is 0 Å². The summed E-state index contributed by atoms with van der Waals surface area (Å²) in [4.78, 5) is 72.6. The van der Waals surface area contributed by atoms with E-state index in [9.17, 15) is 43.2 Å². The van der Waals surface area contributed by atoms with Crippen molar-refractivity contribution in [2.24, 2.45) is 23.7 Å². The zero-order valence-electron chi connectivity index (χ0n) is 58.8. The molecule has 534 valence electrons. The fourth-order valence-corrected chi connectivity index (χ4v) is 12.2. The van der Waals surface area contributed by atoms with Crippen molar-refractivity contribution in [3.05, 3.63) is 0 Å². The second-order valence-corrected chi connectivity index (χ2v) is 30.2. The van der Waals surface area contributed by atoms with Crippen molar-refractivity contribution in [3.63, 3.8) is 0 Å². The SMILES string of the molecule is CCC(C)CCCCCCCCC(=O)OC[C@H](COP(=O)(O)OCC(O)COP(=O)(O)OC[C@@H](COC(=O)CCCCCCCCCC(C)C)OC(=O)CCCCCCCCCCCCC(C)C)OC(=O)CCCCCCCCCCCCCCCCC(C)C. The third-order valence-electron chi connectivity index (χ3n) is 16.7. The summed E-state index contributed by atoms with van der Waals surface area (Å²) in [5.41, 5.74) is 0. The number of hydrogen-bond acceptors (Lipinski definition) is 15. The molecule has 4 unspecified atom stereocenters. The van der Waals surface area contributed by atoms with Crippen LogP contribution in [0.3, 0.4) is 0 Å². The maximum Gasteiger partial charge on any atom is 0.472 e. The maximum absolute atomic E-state index is 13.0. The zero-order valence-corrected chi connectivity index (χ0v) is 60.6. The molecule has 0 rings (SSSR count). The monoisotopic (exact) mass is 1320 g/mol. The van der Waals surface area contributed by atoms with Crippen LogP contribution in [0.2, 0.25) is 0 Å². The van der Waals surface area contributed by atoms with Gasteiger partial charge in [-0.1, -0.05) is 299 Å². The van der Waals surface area contributed by atoms with Crippen LogP contribution < -0.4 is 0 Å². The Balaban J connectivity index is 5.24. The molecule has 19 heteroatoms. The number of phosphoric acid groups is 2. The van der Waals surface area contributed by atoms with Crippen LogP contribution in [0.5, 0.6) is 0 Å². The number of carbonyl (C=O) groups is 4. The Morgan fingerprint density at radius 3 is 0.789 bits per heavy atom. The Kier molecular flexibility index (Phi) is 59.4. The summed E-state index contributed by atoms with van der Waals surface area (Å²) in [5, 5.41) is 10.6. The smallest absolute Gasteiger partial charge is 0.462 e. The number of ether oxygens (including phenoxy) is 4. The van der Waals surface area contributed by atoms with Crippen LogP contribution in [0.15, 0.2) is 0 Å². The lowest BCUT2D eigenvalue weighted by Crippen LogP contribution is -2.30. The first kappa shape index (κ1) is 88.1. The third kappa shape index (κ3) is 63.5. The van der Waals surface area contributed by atoms with Crippen molar-refractivity contribution in [3.8, 4) is 0 Å². The highest BCUT2D eigenvalue weighted by atomic mass is 31.2. The highest BCUT2D eigenvalue weighted by molar-refractivity contribution is 7.47. The van der Waals surface area contributed by atoms with E-state index < -0.39 is 97.5 Å². The molecule has 0 aliphatic heterocycles. The van der Waals surface area contributed by atoms with Gasteiger partial charge in [0, 0.05) is 25.7 Å². The molecule has 0 spiro atoms. The molecule has 0 aliphatic rings. The Bertz CT molecular complexity index is 1780. The number of aliphatic hydroxyl groups excluding tert-OH is 1. The molecule has 0 aliphatic carbocycles. The van der Waals surface area contributed by atoms with Crippen molar-refractivity contribution in [2.45, 2.75) is 369 Å². The molecule has 17 nitrogen and oxygen atoms in total. The maximum atomic E-state index is 13.0. The van der Waals surface area contributed by atoms with E-state index in [2.05, 4.69) is 55.4 Å². The first-order valence-corrected chi connectivity index (χ1v) is 39.7. The highest BCUT2D eigenvalue weighted by Gasteiger charge is 2.30. The highest BCUT2D eigenvalue weighted by Crippen LogP contribution is 2.45. The van der Waals surface area contributed by atoms with Gasteiger partial charge in [0.25, 0.3) is 0 Å². The zero-order chi connectivity index (χ0) is 66.8. The van der Waals surface area contributed by atoms with Gasteiger partial charge in [0.2, 0.25) is 0 Å². The predicted molar refractivity (Wildman–Crippen MR) is 363 cm³/mol. The van der Waals surface area contributed by atoms with Gasteiger partial charge in [0.1, 0.15) is 19.3 Å². The quantitative estimate of drug-likeness (QED) is 0.0222. The van der Waals surface area contributed by atoms with E-state index in [-0.39, 0.29) is 25.7 Å². The third-order valence-corrected chi connectivity index (χ3v) is 18.6. The summed E-state index contributed by atoms with van der Waals surface area (Å²) in [6.07, 6.45) is 43.2. The van der Waals surface area contributed by atoms with E-state index in [1.807, 2.05) is 0 Å². The molecule has 0 aromatic heterocycles. The molecule has 0 bridgehead atoms. The molecule has 90 heavy (non-hydrogen) atoms. The van der Waals surface area contributed by atoms with Crippen LogP contribution in [-0.2, 0) is 65.4 Å². The summed E-state index contributed by atoms with van der Waals surface area (Å²) in [6.45, 7) is 14.1. The number of esters is 4. The van der Waals surface area contributed by atoms with Gasteiger partial charge >= 0.3 is 39.5 Å². The van der Waals surface area contributed by atoms with Crippen molar-refractivity contribution < 1.29 is 80.2 Å². The number of carbonyl (C=O) groups excluding carboxylic acids is 4. The standard InChI is InChI=1S/C71H138O17P2/c1-9-64(8)50-42-34-29-30-36-44-52-69(74)82-58-67(88-70(75)53-45-37-26-20-15-13-11-10-12-14-18-23-31-39-47-61(2)3)60-86-90(79,80)84-56-65(72)55-83-89(77,78)85-59-66(57-81-68(73)51-43-35-28-22-25-33-41-49-63(6)7)87-71(76)54-46-38-27-21-17-16-19-24-32-40-48-62(4)5/h61-67,72H,9-60H2,1-8H3,(H,77,78)(H,79,80)/t64?,65?,66-,67-/m1/s1. The van der Waals surface area contributed by atoms with Crippen LogP contribution >= 0.6 is 15.6 Å². The van der Waals surface area contributed by atoms with Gasteiger partial charge in [-0.05, 0) is 49.4 Å². The second-order valence-electron chi connectivity index (χ2n) is 27.3. The van der Waals surface area contributed by atoms with E-state index in [4.69, 9.17) is 37.0 Å². The summed E-state index contributed by atoms with van der Waals surface area (Å²) >= 11 is 0. The lowest BCUT2D eigenvalue weighted by atomic mass is 10.00. The van der Waals surface area contributed by atoms with Crippen molar-refractivity contribution in [1.82, 2.24) is 0 Å². The minimum atomic E-state index is -4.95. The molecule has 0 heterocycles. The molecule has 6 atom stereocenters. The molecule has 0 saturated heterocycles. The minimum Gasteiger partial charge on any atom is -0.462 e. The first-order valence-electron chi connectivity index (χ1n) is 36.7. The molecule has 0 saturated carbocycles. The average Bonchev–Trinajstić information content (AvgIpc) is 3.71. The molecule has 3 N–H and O–H groups in total. The van der Waals surface area contributed by atoms with Crippen LogP contribution in [0, 0.1) is 23.7 Å². The number of unbranched alkanes of at least 4 members (excludes halogenated alkanes) is 33. The number of aliphatic hydroxyl groups is 1. The minimum absolute atomic E-state index is 0.105. The topological polar surface area (TPSA) is 237 Å². The van der Waals surface area contributed by atoms with Gasteiger partial charge < -0.3 is 33.8 Å². The van der Waals surface area contributed by atoms with E-state index in [1.54, 1.807) is 0 Å². The van der Waals surface area contributed by atoms with Crippen LogP contribution in [0.4, 0.5) is 0 Å². The van der Waals surface area contributed by atoms with Gasteiger partial charge in [-0.15, -0.1) is 0 Å². The first-order chi connectivity index (χ1) is 43.1. The summed E-state index contributed by atoms with van der Waals surface area (Å²) < 4.78 is 68.3. The Morgan fingerprint density at radius 2 is 0.533 bits per heavy atom. The Labute approximate surface area is 549 Å². The van der Waals surface area contributed by atoms with E-state index in [1.165, 1.54) is 141 Å². The van der Waals surface area contributed by atoms with Crippen LogP contribution in [0.1, 0.15) is 351 Å². The molecule has 0 radical (unpaired) electrons. The van der Waals surface area contributed by atoms with Crippen LogP contribution in [-0.4, -0.2) is 96.7 Å². The van der Waals surface area contributed by atoms with Crippen molar-refractivity contribution >= 4 is 39.5 Å². The fourth-order valence-electron chi connectivity index (χ4n) is 10.6. The molecule has 0 aromatic rings. The Hall–Kier alpha value is -1.94. The van der Waals surface area contributed by atoms with E-state index >= 15 is 0 Å². The summed E-state index contributed by atoms with van der Waals surface area (Å²) in [5.74, 6) is 0.853. The molecule has 0 aromatic carbocycles. The normalized spacial score (nSPS) is 14.6. The van der Waals surface area contributed by atoms with E-state index in [0.29, 0.717) is 31.6 Å². The molecule has 0 fully saturated rings. The van der Waals surface area contributed by atoms with Gasteiger partial charge in [-0.25, -0.2) is 9.13 Å². The molecular weight excluding hydrogens is 1190 g/mol. The summed E-state index contributed by atoms with van der Waals surface area (Å²) in [7, 11) is -9.90. The second kappa shape index (κ2) is 60.7. The number of hydrogen-bond donors (Lipinski definition) is 3. The largest absolute Gasteiger partial charge is 0.472 e. The predicted octanol–water partition coefficient (Wildman–Crippen LogP) is 20.1. The van der Waals surface area contributed by atoms with Gasteiger partial charge in [-0.3, -0.25) is 37.3 Å². The lowest BCUT2D eigenvalue weighted by molar-refractivity contribution is -0.161. The fraction of sp³-hybridized carbons (Fsp3) is 0.944. The summed E-state index contributed by atoms with van der Waals surface area (Å²) in [6, 6.07) is 0. The van der Waals surface area contributed by atoms with Gasteiger partial charge in [0.15, 0.2) is 12.2 Å². The number of phosphoric ester groups is 2. The Morgan fingerprint density at radius 1 is 0.311 bits per heavy atom. The molecule has 0 amide bonds. The van der Waals surface area contributed by atoms with E-state index in [0.717, 1.165) is 120 Å². The lowest BCUT2D eigenvalue weighted by Gasteiger charge is -2.21. The van der Waals surface area contributed by atoms with Gasteiger partial charge in [0.05, 0.1) is 26.4 Å². The average molecular weight is 1330 g/mol. The van der Waals surface area contributed by atoms with Crippen molar-refractivity contribution in [2.75, 3.05) is 39.6 Å². The molecular formula is C71H138O17P2. The number of rotatable bonds is 68. The van der Waals surface area contributed by atoms with Crippen LogP contribution in [0.25, 0.3) is 0 Å².